The predicted molar refractivity (Wildman–Crippen MR) is 43.7 cm³/mol. The van der Waals surface area contributed by atoms with Gasteiger partial charge < -0.3 is 9.79 Å². The van der Waals surface area contributed by atoms with Gasteiger partial charge in [0.25, 0.3) is 0 Å². The van der Waals surface area contributed by atoms with Crippen LogP contribution < -0.4 is 0 Å². The number of amides is 1. The second-order valence-corrected chi connectivity index (χ2v) is 3.19. The van der Waals surface area contributed by atoms with Crippen molar-refractivity contribution in [3.8, 4) is 0 Å². The van der Waals surface area contributed by atoms with Gasteiger partial charge in [0.1, 0.15) is 0 Å². The third kappa shape index (κ3) is 4.76. The van der Waals surface area contributed by atoms with Crippen LogP contribution in [0.2, 0.25) is 0 Å². The molecule has 1 unspecified atom stereocenters. The molecule has 0 saturated heterocycles. The normalized spacial score (nSPS) is 12.2. The van der Waals surface area contributed by atoms with Gasteiger partial charge in [-0.05, 0) is 0 Å². The Hall–Kier alpha value is -0.600. The molecule has 4 nitrogen and oxygen atoms in total. The topological polar surface area (TPSA) is 57.6 Å². The standard InChI is InChI=1S/C6H12NO3P/c1-3-4-7(6(2)8)5-11(9)10/h3,11H,1,4-5H2,2H3,(H,9,10). The molecule has 0 aliphatic carbocycles. The lowest BCUT2D eigenvalue weighted by Crippen LogP contribution is -2.28. The number of nitrogens with zero attached hydrogens (tertiary/aromatic N) is 1. The van der Waals surface area contributed by atoms with Gasteiger partial charge in [-0.15, -0.1) is 6.58 Å². The van der Waals surface area contributed by atoms with E-state index >= 15 is 0 Å². The van der Waals surface area contributed by atoms with Crippen LogP contribution in [-0.2, 0) is 9.36 Å². The average Bonchev–Trinajstić information content (AvgIpc) is 1.86. The van der Waals surface area contributed by atoms with E-state index in [9.17, 15) is 9.36 Å². The monoisotopic (exact) mass is 177 g/mol. The molecule has 0 aromatic heterocycles. The highest BCUT2D eigenvalue weighted by molar-refractivity contribution is 7.37. The van der Waals surface area contributed by atoms with E-state index in [4.69, 9.17) is 4.89 Å². The molecule has 5 heteroatoms. The molecule has 1 atom stereocenters. The van der Waals surface area contributed by atoms with Crippen molar-refractivity contribution in [2.75, 3.05) is 12.8 Å². The van der Waals surface area contributed by atoms with Crippen molar-refractivity contribution in [3.63, 3.8) is 0 Å². The third-order valence-corrected chi connectivity index (χ3v) is 1.77. The van der Waals surface area contributed by atoms with Gasteiger partial charge in [-0.25, -0.2) is 0 Å². The summed E-state index contributed by atoms with van der Waals surface area (Å²) in [5.41, 5.74) is 0. The molecule has 1 N–H and O–H groups in total. The van der Waals surface area contributed by atoms with Crippen molar-refractivity contribution < 1.29 is 14.3 Å². The summed E-state index contributed by atoms with van der Waals surface area (Å²) in [6, 6.07) is 0. The summed E-state index contributed by atoms with van der Waals surface area (Å²) in [4.78, 5) is 20.5. The summed E-state index contributed by atoms with van der Waals surface area (Å²) in [5.74, 6) is -0.211. The minimum atomic E-state index is -2.59. The summed E-state index contributed by atoms with van der Waals surface area (Å²) < 4.78 is 10.3. The van der Waals surface area contributed by atoms with Crippen molar-refractivity contribution in [3.05, 3.63) is 12.7 Å². The Morgan fingerprint density at radius 2 is 2.36 bits per heavy atom. The molecule has 0 fully saturated rings. The number of carbonyl (C=O) groups is 1. The van der Waals surface area contributed by atoms with Crippen LogP contribution in [0.5, 0.6) is 0 Å². The van der Waals surface area contributed by atoms with E-state index in [1.165, 1.54) is 17.9 Å². The molecular weight excluding hydrogens is 165 g/mol. The smallest absolute Gasteiger partial charge is 0.220 e. The maximum Gasteiger partial charge on any atom is 0.220 e. The van der Waals surface area contributed by atoms with E-state index in [0.29, 0.717) is 6.54 Å². The fraction of sp³-hybridized carbons (Fsp3) is 0.500. The molecule has 0 saturated carbocycles. The minimum absolute atomic E-state index is 0.0774. The molecule has 0 spiro atoms. The van der Waals surface area contributed by atoms with Crippen LogP contribution >= 0.6 is 8.03 Å². The molecule has 0 aliphatic rings. The lowest BCUT2D eigenvalue weighted by atomic mass is 10.5. The van der Waals surface area contributed by atoms with Crippen molar-refractivity contribution in [2.24, 2.45) is 0 Å². The largest absolute Gasteiger partial charge is 0.345 e. The van der Waals surface area contributed by atoms with Gasteiger partial charge in [-0.3, -0.25) is 9.36 Å². The van der Waals surface area contributed by atoms with E-state index in [-0.39, 0.29) is 12.2 Å². The number of carbonyl (C=O) groups excluding carboxylic acids is 1. The highest BCUT2D eigenvalue weighted by atomic mass is 31.1. The highest BCUT2D eigenvalue weighted by Gasteiger charge is 2.07. The van der Waals surface area contributed by atoms with E-state index in [2.05, 4.69) is 6.58 Å². The summed E-state index contributed by atoms with van der Waals surface area (Å²) >= 11 is 0. The fourth-order valence-corrected chi connectivity index (χ4v) is 1.30. The molecule has 64 valence electrons. The van der Waals surface area contributed by atoms with Gasteiger partial charge in [-0.2, -0.15) is 0 Å². The Morgan fingerprint density at radius 3 is 2.64 bits per heavy atom. The molecule has 11 heavy (non-hydrogen) atoms. The maximum absolute atomic E-state index is 10.7. The Kier molecular flexibility index (Phi) is 4.83. The molecule has 1 amide bonds. The molecule has 0 aromatic carbocycles. The molecule has 0 heterocycles. The molecular formula is C6H12NO3P. The fourth-order valence-electron chi connectivity index (χ4n) is 0.624. The Balaban J connectivity index is 3.99. The Labute approximate surface area is 66.4 Å². The molecule has 0 aliphatic heterocycles. The zero-order valence-corrected chi connectivity index (χ0v) is 7.41. The van der Waals surface area contributed by atoms with Gasteiger partial charge in [0.15, 0.2) is 0 Å². The van der Waals surface area contributed by atoms with Crippen molar-refractivity contribution in [1.82, 2.24) is 4.90 Å². The maximum atomic E-state index is 10.7. The Morgan fingerprint density at radius 1 is 1.82 bits per heavy atom. The first-order chi connectivity index (χ1) is 5.07. The second kappa shape index (κ2) is 5.10. The molecule has 0 radical (unpaired) electrons. The van der Waals surface area contributed by atoms with Gasteiger partial charge in [-0.1, -0.05) is 6.08 Å². The van der Waals surface area contributed by atoms with Crippen LogP contribution in [0.1, 0.15) is 6.92 Å². The third-order valence-electron chi connectivity index (χ3n) is 1.12. The quantitative estimate of drug-likeness (QED) is 0.501. The summed E-state index contributed by atoms with van der Waals surface area (Å²) in [6.45, 7) is 5.11. The zero-order valence-electron chi connectivity index (χ0n) is 6.41. The molecule has 0 aromatic rings. The highest BCUT2D eigenvalue weighted by Crippen LogP contribution is 2.14. The van der Waals surface area contributed by atoms with Crippen LogP contribution in [0.25, 0.3) is 0 Å². The van der Waals surface area contributed by atoms with Crippen LogP contribution in [0.4, 0.5) is 0 Å². The van der Waals surface area contributed by atoms with Gasteiger partial charge in [0.2, 0.25) is 13.9 Å². The van der Waals surface area contributed by atoms with Crippen LogP contribution in [0.3, 0.4) is 0 Å². The average molecular weight is 177 g/mol. The zero-order chi connectivity index (χ0) is 8.85. The lowest BCUT2D eigenvalue weighted by Gasteiger charge is -2.16. The first kappa shape index (κ1) is 10.4. The summed E-state index contributed by atoms with van der Waals surface area (Å²) in [6.07, 6.45) is 1.44. The van der Waals surface area contributed by atoms with Crippen LogP contribution in [0, 0.1) is 0 Å². The second-order valence-electron chi connectivity index (χ2n) is 2.08. The van der Waals surface area contributed by atoms with Crippen LogP contribution in [-0.4, -0.2) is 28.5 Å². The first-order valence-corrected chi connectivity index (χ1v) is 4.72. The number of hydrogen-bond acceptors (Lipinski definition) is 2. The minimum Gasteiger partial charge on any atom is -0.345 e. The van der Waals surface area contributed by atoms with Gasteiger partial charge in [0.05, 0.1) is 6.29 Å². The summed E-state index contributed by atoms with van der Waals surface area (Å²) in [5, 5.41) is 0. The van der Waals surface area contributed by atoms with Crippen molar-refractivity contribution >= 4 is 13.9 Å². The van der Waals surface area contributed by atoms with Crippen molar-refractivity contribution in [1.29, 1.82) is 0 Å². The number of hydrogen-bond donors (Lipinski definition) is 1. The first-order valence-electron chi connectivity index (χ1n) is 3.16. The Bertz CT molecular complexity index is 181. The summed E-state index contributed by atoms with van der Waals surface area (Å²) in [7, 11) is -2.59. The van der Waals surface area contributed by atoms with E-state index in [1.807, 2.05) is 0 Å². The lowest BCUT2D eigenvalue weighted by molar-refractivity contribution is -0.127. The van der Waals surface area contributed by atoms with E-state index in [0.717, 1.165) is 0 Å². The van der Waals surface area contributed by atoms with Gasteiger partial charge in [0, 0.05) is 13.5 Å². The van der Waals surface area contributed by atoms with Gasteiger partial charge >= 0.3 is 0 Å². The number of rotatable bonds is 4. The van der Waals surface area contributed by atoms with E-state index in [1.54, 1.807) is 0 Å². The SMILES string of the molecule is C=CCN(C[PH](=O)O)C(C)=O. The molecule has 0 bridgehead atoms. The van der Waals surface area contributed by atoms with Crippen molar-refractivity contribution in [2.45, 2.75) is 6.92 Å². The van der Waals surface area contributed by atoms with Crippen LogP contribution in [0.15, 0.2) is 12.7 Å². The van der Waals surface area contributed by atoms with E-state index < -0.39 is 8.03 Å². The molecule has 0 rings (SSSR count). The predicted octanol–water partition coefficient (Wildman–Crippen LogP) is 0.445.